The van der Waals surface area contributed by atoms with E-state index in [1.807, 2.05) is 60.7 Å². The summed E-state index contributed by atoms with van der Waals surface area (Å²) >= 11 is 0. The minimum atomic E-state index is -0.576. The summed E-state index contributed by atoms with van der Waals surface area (Å²) in [5, 5.41) is 9.37. The molecule has 1 aromatic heterocycles. The summed E-state index contributed by atoms with van der Waals surface area (Å²) in [6, 6.07) is 23.2. The molecule has 2 amide bonds. The van der Waals surface area contributed by atoms with Crippen LogP contribution in [0.5, 0.6) is 0 Å². The summed E-state index contributed by atoms with van der Waals surface area (Å²) in [6.45, 7) is 6.49. The van der Waals surface area contributed by atoms with Gasteiger partial charge in [0.2, 0.25) is 5.91 Å². The van der Waals surface area contributed by atoms with Crippen LogP contribution in [0.25, 0.3) is 21.7 Å². The number of carbonyl (C=O) groups is 2. The highest BCUT2D eigenvalue weighted by Gasteiger charge is 2.29. The van der Waals surface area contributed by atoms with E-state index >= 15 is 0 Å². The average molecular weight is 484 g/mol. The molecule has 6 nitrogen and oxygen atoms in total. The predicted octanol–water partition coefficient (Wildman–Crippen LogP) is 5.12. The van der Waals surface area contributed by atoms with E-state index in [0.29, 0.717) is 12.0 Å². The van der Waals surface area contributed by atoms with E-state index in [2.05, 4.69) is 41.5 Å². The van der Waals surface area contributed by atoms with Crippen LogP contribution in [0.15, 0.2) is 77.2 Å². The molecule has 1 aliphatic heterocycles. The molecule has 1 aliphatic rings. The van der Waals surface area contributed by atoms with Gasteiger partial charge in [-0.1, -0.05) is 62.4 Å². The molecular weight excluding hydrogens is 450 g/mol. The normalized spacial score (nSPS) is 17.0. The second-order valence-corrected chi connectivity index (χ2v) is 10.2. The minimum absolute atomic E-state index is 0.0501. The Morgan fingerprint density at radius 1 is 0.972 bits per heavy atom. The highest BCUT2D eigenvalue weighted by Crippen LogP contribution is 2.22. The van der Waals surface area contributed by atoms with Crippen LogP contribution in [0.4, 0.5) is 0 Å². The quantitative estimate of drug-likeness (QED) is 0.365. The number of nitrogens with zero attached hydrogens (tertiary/aromatic N) is 1. The van der Waals surface area contributed by atoms with Gasteiger partial charge >= 0.3 is 0 Å². The van der Waals surface area contributed by atoms with Gasteiger partial charge in [-0.25, -0.2) is 0 Å². The van der Waals surface area contributed by atoms with E-state index in [4.69, 9.17) is 4.42 Å². The van der Waals surface area contributed by atoms with Gasteiger partial charge in [0.1, 0.15) is 17.4 Å². The molecule has 36 heavy (non-hydrogen) atoms. The fourth-order valence-corrected chi connectivity index (χ4v) is 5.01. The standard InChI is InChI=1S/C30H33N3O3/c1-20(2)15-27(32-29(34)24-12-11-21-7-3-4-8-22(21)16-24)30(35)31-25-13-14-33(18-25)19-26-17-23-9-5-6-10-28(23)36-26/h3-12,16-17,20,25,27H,13-15,18-19H2,1-2H3,(H,31,35)(H,32,34)/t25-,27-/m0/s1. The number of furan rings is 1. The summed E-state index contributed by atoms with van der Waals surface area (Å²) in [5.74, 6) is 0.863. The lowest BCUT2D eigenvalue weighted by molar-refractivity contribution is -0.124. The zero-order chi connectivity index (χ0) is 25.1. The summed E-state index contributed by atoms with van der Waals surface area (Å²) in [4.78, 5) is 28.6. The van der Waals surface area contributed by atoms with Crippen LogP contribution in [-0.4, -0.2) is 41.9 Å². The molecule has 2 N–H and O–H groups in total. The monoisotopic (exact) mass is 483 g/mol. The number of para-hydroxylation sites is 1. The predicted molar refractivity (Wildman–Crippen MR) is 143 cm³/mol. The maximum absolute atomic E-state index is 13.2. The lowest BCUT2D eigenvalue weighted by atomic mass is 10.0. The van der Waals surface area contributed by atoms with Crippen molar-refractivity contribution in [3.05, 3.63) is 84.1 Å². The first-order valence-electron chi connectivity index (χ1n) is 12.7. The van der Waals surface area contributed by atoms with E-state index in [1.54, 1.807) is 0 Å². The van der Waals surface area contributed by atoms with Gasteiger partial charge in [0.25, 0.3) is 5.91 Å². The second kappa shape index (κ2) is 10.5. The lowest BCUT2D eigenvalue weighted by Crippen LogP contribution is -2.50. The van der Waals surface area contributed by atoms with Crippen molar-refractivity contribution < 1.29 is 14.0 Å². The summed E-state index contributed by atoms with van der Waals surface area (Å²) in [7, 11) is 0. The van der Waals surface area contributed by atoms with Crippen LogP contribution >= 0.6 is 0 Å². The van der Waals surface area contributed by atoms with E-state index in [0.717, 1.165) is 53.6 Å². The Morgan fingerprint density at radius 2 is 1.72 bits per heavy atom. The molecule has 1 saturated heterocycles. The maximum Gasteiger partial charge on any atom is 0.251 e. The molecule has 6 heteroatoms. The van der Waals surface area contributed by atoms with Crippen LogP contribution in [0.1, 0.15) is 42.8 Å². The van der Waals surface area contributed by atoms with Gasteiger partial charge in [0.05, 0.1) is 6.54 Å². The fraction of sp³-hybridized carbons (Fsp3) is 0.333. The highest BCUT2D eigenvalue weighted by atomic mass is 16.3. The minimum Gasteiger partial charge on any atom is -0.460 e. The molecule has 0 spiro atoms. The highest BCUT2D eigenvalue weighted by molar-refractivity contribution is 6.00. The largest absolute Gasteiger partial charge is 0.460 e. The number of amides is 2. The molecule has 0 bridgehead atoms. The van der Waals surface area contributed by atoms with E-state index in [-0.39, 0.29) is 23.8 Å². The third kappa shape index (κ3) is 5.60. The second-order valence-electron chi connectivity index (χ2n) is 10.2. The van der Waals surface area contributed by atoms with Crippen molar-refractivity contribution in [2.45, 2.75) is 45.3 Å². The Hall–Kier alpha value is -3.64. The SMILES string of the molecule is CC(C)C[C@H](NC(=O)c1ccc2ccccc2c1)C(=O)N[C@H]1CCN(Cc2cc3ccccc3o2)C1. The first kappa shape index (κ1) is 24.1. The van der Waals surface area contributed by atoms with Gasteiger partial charge in [-0.15, -0.1) is 0 Å². The van der Waals surface area contributed by atoms with Gasteiger partial charge < -0.3 is 15.1 Å². The number of nitrogens with one attached hydrogen (secondary N) is 2. The molecule has 0 unspecified atom stereocenters. The molecule has 2 heterocycles. The Bertz CT molecular complexity index is 1340. The maximum atomic E-state index is 13.2. The lowest BCUT2D eigenvalue weighted by Gasteiger charge is -2.23. The number of carbonyl (C=O) groups excluding carboxylic acids is 2. The Balaban J connectivity index is 1.19. The van der Waals surface area contributed by atoms with Crippen molar-refractivity contribution in [3.8, 4) is 0 Å². The molecule has 1 fully saturated rings. The number of hydrogen-bond donors (Lipinski definition) is 2. The number of likely N-dealkylation sites (tertiary alicyclic amines) is 1. The molecule has 5 rings (SSSR count). The number of rotatable bonds is 8. The van der Waals surface area contributed by atoms with Gasteiger partial charge in [-0.05, 0) is 53.8 Å². The van der Waals surface area contributed by atoms with Crippen molar-refractivity contribution in [2.24, 2.45) is 5.92 Å². The van der Waals surface area contributed by atoms with Gasteiger partial charge in [-0.2, -0.15) is 0 Å². The molecule has 0 saturated carbocycles. The third-order valence-electron chi connectivity index (χ3n) is 6.82. The van der Waals surface area contributed by atoms with Crippen LogP contribution in [0, 0.1) is 5.92 Å². The third-order valence-corrected chi connectivity index (χ3v) is 6.82. The molecule has 2 atom stereocenters. The van der Waals surface area contributed by atoms with Crippen LogP contribution in [0.3, 0.4) is 0 Å². The van der Waals surface area contributed by atoms with Crippen molar-refractivity contribution in [1.82, 2.24) is 15.5 Å². The molecule has 186 valence electrons. The van der Waals surface area contributed by atoms with Crippen molar-refractivity contribution >= 4 is 33.6 Å². The van der Waals surface area contributed by atoms with Crippen LogP contribution in [-0.2, 0) is 11.3 Å². The first-order valence-corrected chi connectivity index (χ1v) is 12.7. The number of fused-ring (bicyclic) bond motifs is 2. The first-order chi connectivity index (χ1) is 17.4. The van der Waals surface area contributed by atoms with Gasteiger partial charge in [0, 0.05) is 30.1 Å². The Labute approximate surface area is 211 Å². The van der Waals surface area contributed by atoms with Gasteiger partial charge in [0.15, 0.2) is 0 Å². The summed E-state index contributed by atoms with van der Waals surface area (Å²) < 4.78 is 5.96. The van der Waals surface area contributed by atoms with E-state index in [9.17, 15) is 9.59 Å². The van der Waals surface area contributed by atoms with Crippen molar-refractivity contribution in [3.63, 3.8) is 0 Å². The number of benzene rings is 3. The molecule has 0 aliphatic carbocycles. The van der Waals surface area contributed by atoms with Crippen molar-refractivity contribution in [1.29, 1.82) is 0 Å². The average Bonchev–Trinajstić information content (AvgIpc) is 3.49. The Kier molecular flexibility index (Phi) is 7.05. The zero-order valence-corrected chi connectivity index (χ0v) is 20.9. The van der Waals surface area contributed by atoms with Crippen LogP contribution in [0.2, 0.25) is 0 Å². The molecule has 3 aromatic carbocycles. The fourth-order valence-electron chi connectivity index (χ4n) is 5.01. The topological polar surface area (TPSA) is 74.6 Å². The van der Waals surface area contributed by atoms with E-state index < -0.39 is 6.04 Å². The van der Waals surface area contributed by atoms with Crippen LogP contribution < -0.4 is 10.6 Å². The molecule has 4 aromatic rings. The summed E-state index contributed by atoms with van der Waals surface area (Å²) in [6.07, 6.45) is 1.46. The molecular formula is C30H33N3O3. The van der Waals surface area contributed by atoms with Crippen molar-refractivity contribution in [2.75, 3.05) is 13.1 Å². The number of hydrogen-bond acceptors (Lipinski definition) is 4. The van der Waals surface area contributed by atoms with E-state index in [1.165, 1.54) is 0 Å². The zero-order valence-electron chi connectivity index (χ0n) is 20.9. The molecule has 0 radical (unpaired) electrons. The summed E-state index contributed by atoms with van der Waals surface area (Å²) in [5.41, 5.74) is 1.46. The van der Waals surface area contributed by atoms with Gasteiger partial charge in [-0.3, -0.25) is 14.5 Å². The Morgan fingerprint density at radius 3 is 2.50 bits per heavy atom. The smallest absolute Gasteiger partial charge is 0.251 e.